The molecule has 0 fully saturated rings. The van der Waals surface area contributed by atoms with Gasteiger partial charge in [0.25, 0.3) is 0 Å². The highest BCUT2D eigenvalue weighted by molar-refractivity contribution is 7.89. The number of hydrogen-bond acceptors (Lipinski definition) is 6. The highest BCUT2D eigenvalue weighted by atomic mass is 32.2. The molecular weight excluding hydrogens is 389 g/mol. The third-order valence-electron chi connectivity index (χ3n) is 3.67. The van der Waals surface area contributed by atoms with Crippen LogP contribution in [0.1, 0.15) is 24.2 Å². The van der Waals surface area contributed by atoms with Crippen LogP contribution in [-0.2, 0) is 19.6 Å². The molecule has 2 rings (SSSR count). The smallest absolute Gasteiger partial charge is 0.324 e. The molecule has 0 aliphatic heterocycles. The van der Waals surface area contributed by atoms with Crippen molar-refractivity contribution in [2.75, 3.05) is 13.2 Å². The van der Waals surface area contributed by atoms with Gasteiger partial charge in [-0.1, -0.05) is 12.1 Å². The standard InChI is InChI=1S/C19H20FNO6S/c1-13(19(23)27-12-11-26-17-7-5-16(20)6-8-17)21-28(24,25)18-9-3-15(4-10-18)14(2)22/h3-10,13,21H,11-12H2,1-2H3/t13-/m0/s1. The van der Waals surface area contributed by atoms with Crippen LogP contribution in [-0.4, -0.2) is 39.4 Å². The van der Waals surface area contributed by atoms with Gasteiger partial charge in [-0.05, 0) is 50.2 Å². The van der Waals surface area contributed by atoms with E-state index in [0.29, 0.717) is 11.3 Å². The fourth-order valence-electron chi connectivity index (χ4n) is 2.18. The molecule has 0 saturated carbocycles. The van der Waals surface area contributed by atoms with Crippen molar-refractivity contribution in [1.82, 2.24) is 4.72 Å². The summed E-state index contributed by atoms with van der Waals surface area (Å²) < 4.78 is 49.9. The second-order valence-electron chi connectivity index (χ2n) is 5.89. The number of carbonyl (C=O) groups is 2. The average molecular weight is 409 g/mol. The van der Waals surface area contributed by atoms with Gasteiger partial charge in [0, 0.05) is 5.56 Å². The molecule has 0 aliphatic rings. The van der Waals surface area contributed by atoms with Crippen LogP contribution < -0.4 is 9.46 Å². The normalized spacial score (nSPS) is 12.2. The molecule has 2 aromatic carbocycles. The van der Waals surface area contributed by atoms with Crippen molar-refractivity contribution in [3.63, 3.8) is 0 Å². The van der Waals surface area contributed by atoms with Crippen LogP contribution in [0.15, 0.2) is 53.4 Å². The molecule has 0 spiro atoms. The van der Waals surface area contributed by atoms with Gasteiger partial charge in [0.1, 0.15) is 30.8 Å². The summed E-state index contributed by atoms with van der Waals surface area (Å²) in [7, 11) is -3.95. The van der Waals surface area contributed by atoms with Crippen LogP contribution >= 0.6 is 0 Å². The van der Waals surface area contributed by atoms with Crippen molar-refractivity contribution in [3.8, 4) is 5.75 Å². The predicted molar refractivity (Wildman–Crippen MR) is 99.1 cm³/mol. The lowest BCUT2D eigenvalue weighted by atomic mass is 10.2. The molecule has 0 unspecified atom stereocenters. The Morgan fingerprint density at radius 3 is 2.21 bits per heavy atom. The van der Waals surface area contributed by atoms with Crippen molar-refractivity contribution < 1.29 is 31.9 Å². The maximum Gasteiger partial charge on any atom is 0.324 e. The van der Waals surface area contributed by atoms with Gasteiger partial charge >= 0.3 is 5.97 Å². The Labute approximate surface area is 162 Å². The summed E-state index contributed by atoms with van der Waals surface area (Å²) >= 11 is 0. The fourth-order valence-corrected chi connectivity index (χ4v) is 3.37. The third kappa shape index (κ3) is 6.14. The van der Waals surface area contributed by atoms with E-state index in [2.05, 4.69) is 4.72 Å². The quantitative estimate of drug-likeness (QED) is 0.388. The number of halogens is 1. The maximum atomic E-state index is 12.8. The summed E-state index contributed by atoms with van der Waals surface area (Å²) in [6, 6.07) is 9.59. The molecule has 9 heteroatoms. The van der Waals surface area contributed by atoms with Crippen molar-refractivity contribution in [2.24, 2.45) is 0 Å². The Hall–Kier alpha value is -2.78. The summed E-state index contributed by atoms with van der Waals surface area (Å²) in [6.07, 6.45) is 0. The molecule has 0 radical (unpaired) electrons. The topological polar surface area (TPSA) is 98.8 Å². The minimum Gasteiger partial charge on any atom is -0.490 e. The number of ether oxygens (including phenoxy) is 2. The minimum absolute atomic E-state index is 0.0311. The average Bonchev–Trinajstić information content (AvgIpc) is 2.66. The van der Waals surface area contributed by atoms with Gasteiger partial charge in [0.15, 0.2) is 5.78 Å². The minimum atomic E-state index is -3.95. The van der Waals surface area contributed by atoms with E-state index >= 15 is 0 Å². The lowest BCUT2D eigenvalue weighted by Gasteiger charge is -2.14. The highest BCUT2D eigenvalue weighted by Crippen LogP contribution is 2.12. The van der Waals surface area contributed by atoms with E-state index in [-0.39, 0.29) is 23.9 Å². The molecule has 0 saturated heterocycles. The SMILES string of the molecule is CC(=O)c1ccc(S(=O)(=O)N[C@@H](C)C(=O)OCCOc2ccc(F)cc2)cc1. The van der Waals surface area contributed by atoms with Crippen LogP contribution in [0.2, 0.25) is 0 Å². The van der Waals surface area contributed by atoms with Crippen molar-refractivity contribution in [3.05, 3.63) is 59.9 Å². The van der Waals surface area contributed by atoms with Gasteiger partial charge in [-0.15, -0.1) is 0 Å². The molecule has 28 heavy (non-hydrogen) atoms. The third-order valence-corrected chi connectivity index (χ3v) is 5.22. The summed E-state index contributed by atoms with van der Waals surface area (Å²) in [5, 5.41) is 0. The van der Waals surface area contributed by atoms with Crippen LogP contribution in [0.5, 0.6) is 5.75 Å². The van der Waals surface area contributed by atoms with E-state index in [1.807, 2.05) is 0 Å². The zero-order chi connectivity index (χ0) is 20.7. The number of Topliss-reactive ketones (excluding diaryl/α,β-unsaturated/α-hetero) is 1. The lowest BCUT2D eigenvalue weighted by molar-refractivity contribution is -0.145. The van der Waals surface area contributed by atoms with E-state index in [4.69, 9.17) is 9.47 Å². The zero-order valence-corrected chi connectivity index (χ0v) is 16.2. The van der Waals surface area contributed by atoms with E-state index in [0.717, 1.165) is 0 Å². The fraction of sp³-hybridized carbons (Fsp3) is 0.263. The molecule has 7 nitrogen and oxygen atoms in total. The number of ketones is 1. The van der Waals surface area contributed by atoms with Crippen LogP contribution in [0.25, 0.3) is 0 Å². The number of esters is 1. The Morgan fingerprint density at radius 2 is 1.64 bits per heavy atom. The Bertz CT molecular complexity index is 926. The Kier molecular flexibility index (Phi) is 7.24. The summed E-state index contributed by atoms with van der Waals surface area (Å²) in [4.78, 5) is 23.1. The molecular formula is C19H20FNO6S. The monoisotopic (exact) mass is 409 g/mol. The van der Waals surface area contributed by atoms with E-state index in [9.17, 15) is 22.4 Å². The molecule has 0 aliphatic carbocycles. The first-order valence-corrected chi connectivity index (χ1v) is 9.86. The zero-order valence-electron chi connectivity index (χ0n) is 15.3. The first-order chi connectivity index (χ1) is 13.2. The van der Waals surface area contributed by atoms with Crippen molar-refractivity contribution >= 4 is 21.8 Å². The van der Waals surface area contributed by atoms with Crippen LogP contribution in [0.3, 0.4) is 0 Å². The maximum absolute atomic E-state index is 12.8. The number of benzene rings is 2. The Balaban J connectivity index is 1.83. The number of carbonyl (C=O) groups excluding carboxylic acids is 2. The molecule has 2 aromatic rings. The predicted octanol–water partition coefficient (Wildman–Crippen LogP) is 2.32. The number of hydrogen-bond donors (Lipinski definition) is 1. The van der Waals surface area contributed by atoms with Crippen molar-refractivity contribution in [1.29, 1.82) is 0 Å². The number of rotatable bonds is 9. The van der Waals surface area contributed by atoms with Gasteiger partial charge in [-0.2, -0.15) is 4.72 Å². The van der Waals surface area contributed by atoms with Gasteiger partial charge in [-0.25, -0.2) is 12.8 Å². The molecule has 0 amide bonds. The summed E-state index contributed by atoms with van der Waals surface area (Å²) in [6.45, 7) is 2.66. The number of sulfonamides is 1. The largest absolute Gasteiger partial charge is 0.490 e. The van der Waals surface area contributed by atoms with E-state index in [1.54, 1.807) is 0 Å². The van der Waals surface area contributed by atoms with Gasteiger partial charge in [0.05, 0.1) is 4.90 Å². The first-order valence-electron chi connectivity index (χ1n) is 8.37. The van der Waals surface area contributed by atoms with Gasteiger partial charge in [0.2, 0.25) is 10.0 Å². The molecule has 150 valence electrons. The second kappa shape index (κ2) is 9.43. The summed E-state index contributed by atoms with van der Waals surface area (Å²) in [5.74, 6) is -0.931. The molecule has 0 bridgehead atoms. The van der Waals surface area contributed by atoms with Gasteiger partial charge < -0.3 is 9.47 Å². The molecule has 0 aromatic heterocycles. The lowest BCUT2D eigenvalue weighted by Crippen LogP contribution is -2.39. The van der Waals surface area contributed by atoms with Gasteiger partial charge in [-0.3, -0.25) is 9.59 Å². The van der Waals surface area contributed by atoms with E-state index in [1.165, 1.54) is 62.4 Å². The van der Waals surface area contributed by atoms with Crippen molar-refractivity contribution in [2.45, 2.75) is 24.8 Å². The van der Waals surface area contributed by atoms with Crippen LogP contribution in [0, 0.1) is 5.82 Å². The molecule has 0 heterocycles. The highest BCUT2D eigenvalue weighted by Gasteiger charge is 2.23. The Morgan fingerprint density at radius 1 is 1.04 bits per heavy atom. The summed E-state index contributed by atoms with van der Waals surface area (Å²) in [5.41, 5.74) is 0.382. The first kappa shape index (κ1) is 21.5. The van der Waals surface area contributed by atoms with E-state index < -0.39 is 27.9 Å². The number of nitrogens with one attached hydrogen (secondary N) is 1. The second-order valence-corrected chi connectivity index (χ2v) is 7.61. The molecule has 1 atom stereocenters. The van der Waals surface area contributed by atoms with Crippen LogP contribution in [0.4, 0.5) is 4.39 Å². The molecule has 1 N–H and O–H groups in total.